The van der Waals surface area contributed by atoms with E-state index in [0.29, 0.717) is 30.1 Å². The summed E-state index contributed by atoms with van der Waals surface area (Å²) in [5.74, 6) is 0.367. The van der Waals surface area contributed by atoms with Gasteiger partial charge in [0.15, 0.2) is 0 Å². The van der Waals surface area contributed by atoms with Crippen LogP contribution in [-0.2, 0) is 16.0 Å². The molecular formula is C26H35N3O4S. The van der Waals surface area contributed by atoms with Crippen LogP contribution >= 0.6 is 11.3 Å². The lowest BCUT2D eigenvalue weighted by Crippen LogP contribution is -2.70. The molecule has 2 bridgehead atoms. The molecule has 5 aliphatic rings. The quantitative estimate of drug-likeness (QED) is 0.651. The second-order valence-electron chi connectivity index (χ2n) is 11.3. The van der Waals surface area contributed by atoms with Gasteiger partial charge in [-0.2, -0.15) is 0 Å². The number of morpholine rings is 1. The third-order valence-corrected chi connectivity index (χ3v) is 10.0. The number of nitrogens with zero attached hydrogens (tertiary/aromatic N) is 2. The normalized spacial score (nSPS) is 33.3. The van der Waals surface area contributed by atoms with Crippen LogP contribution in [0, 0.1) is 5.41 Å². The van der Waals surface area contributed by atoms with Gasteiger partial charge in [0, 0.05) is 35.6 Å². The second kappa shape index (κ2) is 8.43. The Hall–Kier alpha value is -1.74. The maximum Gasteiger partial charge on any atom is 0.246 e. The molecule has 2 aromatic heterocycles. The lowest BCUT2D eigenvalue weighted by Gasteiger charge is -2.60. The molecule has 1 saturated carbocycles. The minimum atomic E-state index is -1.11. The molecule has 2 aliphatic carbocycles. The minimum Gasteiger partial charge on any atom is -0.490 e. The van der Waals surface area contributed by atoms with E-state index in [4.69, 9.17) is 15.2 Å². The Balaban J connectivity index is 1.14. The number of primary amides is 1. The predicted octanol–water partition coefficient (Wildman–Crippen LogP) is 3.36. The number of hydrogen-bond donors (Lipinski definition) is 2. The standard InChI is InChI=1S/C26H35N3O4S/c1-26(2)20-12-29(13-21(26)33-20)15-4-6-16(7-5-15)32-18-9-10-28-25-23(18)22-14(3-8-19(22)34-25)11-17(30)24(27)31/h9-10,14-17,20-21,30H,3-8,11-13H2,1-2H3,(H2,27,31)/t14-,15-,16-,17+,20-,21+/m1/s1. The Morgan fingerprint density at radius 2 is 2.03 bits per heavy atom. The fourth-order valence-corrected chi connectivity index (χ4v) is 7.85. The SMILES string of the molecule is CC1(C)[C@@H]2CN([C@H]3CC[C@H](Oc4ccnc5sc6c(c45)[C@@H](C[C@H](O)C(N)=O)CC6)CC3)C[C@H]1O2. The number of fused-ring (bicyclic) bond motifs is 5. The lowest BCUT2D eigenvalue weighted by molar-refractivity contribution is -0.281. The number of hydrogen-bond acceptors (Lipinski definition) is 7. The average Bonchev–Trinajstić information content (AvgIpc) is 3.39. The van der Waals surface area contributed by atoms with Gasteiger partial charge < -0.3 is 20.3 Å². The van der Waals surface area contributed by atoms with Gasteiger partial charge >= 0.3 is 0 Å². The number of piperidine rings is 1. The van der Waals surface area contributed by atoms with Crippen molar-refractivity contribution in [3.63, 3.8) is 0 Å². The van der Waals surface area contributed by atoms with Crippen LogP contribution in [0.4, 0.5) is 0 Å². The Bertz CT molecular complexity index is 1080. The highest BCUT2D eigenvalue weighted by Gasteiger charge is 2.55. The molecule has 34 heavy (non-hydrogen) atoms. The van der Waals surface area contributed by atoms with Crippen molar-refractivity contribution in [3.05, 3.63) is 22.7 Å². The van der Waals surface area contributed by atoms with E-state index in [9.17, 15) is 9.90 Å². The van der Waals surface area contributed by atoms with Crippen molar-refractivity contribution in [2.24, 2.45) is 11.1 Å². The molecule has 8 heteroatoms. The summed E-state index contributed by atoms with van der Waals surface area (Å²) >= 11 is 1.72. The highest BCUT2D eigenvalue weighted by Crippen LogP contribution is 2.49. The maximum atomic E-state index is 11.5. The van der Waals surface area contributed by atoms with Gasteiger partial charge in [-0.25, -0.2) is 4.98 Å². The van der Waals surface area contributed by atoms with E-state index in [0.717, 1.165) is 67.6 Å². The van der Waals surface area contributed by atoms with Crippen molar-refractivity contribution in [1.82, 2.24) is 9.88 Å². The molecule has 3 saturated heterocycles. The largest absolute Gasteiger partial charge is 0.490 e. The summed E-state index contributed by atoms with van der Waals surface area (Å²) in [6.45, 7) is 6.79. The van der Waals surface area contributed by atoms with Crippen LogP contribution in [0.5, 0.6) is 5.75 Å². The molecule has 3 aliphatic heterocycles. The number of aliphatic hydroxyl groups excluding tert-OH is 1. The second-order valence-corrected chi connectivity index (χ2v) is 12.3. The van der Waals surface area contributed by atoms with Gasteiger partial charge in [0.25, 0.3) is 0 Å². The number of pyridine rings is 1. The predicted molar refractivity (Wildman–Crippen MR) is 131 cm³/mol. The van der Waals surface area contributed by atoms with E-state index in [1.807, 2.05) is 12.3 Å². The Kier molecular flexibility index (Phi) is 5.63. The van der Waals surface area contributed by atoms with Crippen molar-refractivity contribution in [1.29, 1.82) is 0 Å². The summed E-state index contributed by atoms with van der Waals surface area (Å²) in [6.07, 6.45) is 8.38. The molecule has 5 heterocycles. The topological polar surface area (TPSA) is 97.9 Å². The first-order valence-electron chi connectivity index (χ1n) is 12.7. The molecule has 4 atom stereocenters. The Morgan fingerprint density at radius 3 is 2.71 bits per heavy atom. The van der Waals surface area contributed by atoms with E-state index in [-0.39, 0.29) is 12.0 Å². The molecule has 1 amide bonds. The van der Waals surface area contributed by atoms with Crippen LogP contribution in [0.3, 0.4) is 0 Å². The van der Waals surface area contributed by atoms with E-state index in [1.165, 1.54) is 10.4 Å². The monoisotopic (exact) mass is 485 g/mol. The third-order valence-electron chi connectivity index (χ3n) is 8.87. The molecule has 184 valence electrons. The first-order chi connectivity index (χ1) is 16.3. The fraction of sp³-hybridized carbons (Fsp3) is 0.692. The number of rotatable bonds is 6. The van der Waals surface area contributed by atoms with Gasteiger partial charge in [-0.15, -0.1) is 11.3 Å². The number of aliphatic hydroxyl groups is 1. The number of amides is 1. The highest BCUT2D eigenvalue weighted by atomic mass is 32.1. The van der Waals surface area contributed by atoms with Gasteiger partial charge in [-0.05, 0) is 62.5 Å². The smallest absolute Gasteiger partial charge is 0.246 e. The van der Waals surface area contributed by atoms with Crippen molar-refractivity contribution in [3.8, 4) is 5.75 Å². The molecule has 0 unspecified atom stereocenters. The highest BCUT2D eigenvalue weighted by molar-refractivity contribution is 7.19. The summed E-state index contributed by atoms with van der Waals surface area (Å²) < 4.78 is 12.6. The molecular weight excluding hydrogens is 450 g/mol. The van der Waals surface area contributed by atoms with Crippen LogP contribution < -0.4 is 10.5 Å². The maximum absolute atomic E-state index is 11.5. The molecule has 0 aromatic carbocycles. The lowest BCUT2D eigenvalue weighted by atomic mass is 9.71. The zero-order valence-electron chi connectivity index (χ0n) is 20.0. The van der Waals surface area contributed by atoms with E-state index in [2.05, 4.69) is 23.7 Å². The third kappa shape index (κ3) is 3.74. The van der Waals surface area contributed by atoms with Gasteiger partial charge in [0.05, 0.1) is 23.7 Å². The number of carbonyl (C=O) groups is 1. The van der Waals surface area contributed by atoms with Crippen LogP contribution in [0.1, 0.15) is 68.7 Å². The summed E-state index contributed by atoms with van der Waals surface area (Å²) in [5.41, 5.74) is 6.87. The zero-order chi connectivity index (χ0) is 23.6. The molecule has 4 fully saturated rings. The van der Waals surface area contributed by atoms with Crippen LogP contribution in [0.15, 0.2) is 12.3 Å². The Morgan fingerprint density at radius 1 is 1.29 bits per heavy atom. The summed E-state index contributed by atoms with van der Waals surface area (Å²) in [6, 6.07) is 2.62. The van der Waals surface area contributed by atoms with Gasteiger partial charge in [-0.3, -0.25) is 9.69 Å². The van der Waals surface area contributed by atoms with Crippen molar-refractivity contribution in [2.75, 3.05) is 13.1 Å². The summed E-state index contributed by atoms with van der Waals surface area (Å²) in [4.78, 5) is 21.0. The van der Waals surface area contributed by atoms with Crippen molar-refractivity contribution < 1.29 is 19.4 Å². The number of nitrogens with two attached hydrogens (primary N) is 1. The van der Waals surface area contributed by atoms with Crippen molar-refractivity contribution >= 4 is 27.5 Å². The van der Waals surface area contributed by atoms with Gasteiger partial charge in [0.2, 0.25) is 5.91 Å². The molecule has 0 radical (unpaired) electrons. The molecule has 7 rings (SSSR count). The van der Waals surface area contributed by atoms with Crippen LogP contribution in [0.25, 0.3) is 10.2 Å². The molecule has 0 spiro atoms. The fourth-order valence-electron chi connectivity index (χ4n) is 6.60. The molecule has 3 N–H and O–H groups in total. The minimum absolute atomic E-state index is 0.116. The number of aromatic nitrogens is 1. The number of ether oxygens (including phenoxy) is 2. The number of aryl methyl sites for hydroxylation is 1. The van der Waals surface area contributed by atoms with Gasteiger partial charge in [0.1, 0.15) is 16.7 Å². The van der Waals surface area contributed by atoms with E-state index < -0.39 is 12.0 Å². The first-order valence-corrected chi connectivity index (χ1v) is 13.6. The molecule has 7 nitrogen and oxygen atoms in total. The first kappa shape index (κ1) is 22.7. The Labute approximate surface area is 204 Å². The number of thiophene rings is 1. The van der Waals surface area contributed by atoms with Crippen LogP contribution in [-0.4, -0.2) is 64.4 Å². The van der Waals surface area contributed by atoms with Crippen LogP contribution in [0.2, 0.25) is 0 Å². The molecule has 2 aromatic rings. The van der Waals surface area contributed by atoms with Crippen molar-refractivity contribution in [2.45, 2.75) is 95.2 Å². The number of carbonyl (C=O) groups excluding carboxylic acids is 1. The zero-order valence-corrected chi connectivity index (χ0v) is 20.9. The average molecular weight is 486 g/mol. The summed E-state index contributed by atoms with van der Waals surface area (Å²) in [7, 11) is 0. The summed E-state index contributed by atoms with van der Waals surface area (Å²) in [5, 5.41) is 11.2. The van der Waals surface area contributed by atoms with E-state index in [1.54, 1.807) is 11.3 Å². The van der Waals surface area contributed by atoms with E-state index >= 15 is 0 Å². The van der Waals surface area contributed by atoms with Gasteiger partial charge in [-0.1, -0.05) is 13.8 Å².